The number of nitrogens with zero attached hydrogens (tertiary/aromatic N) is 4. The quantitative estimate of drug-likeness (QED) is 0.740. The van der Waals surface area contributed by atoms with Crippen molar-refractivity contribution in [3.8, 4) is 0 Å². The molecule has 8 nitrogen and oxygen atoms in total. The molecule has 2 amide bonds. The lowest BCUT2D eigenvalue weighted by molar-refractivity contribution is -0.106. The molecule has 0 atom stereocenters. The van der Waals surface area contributed by atoms with Gasteiger partial charge in [-0.05, 0) is 45.6 Å². The molecule has 0 spiro atoms. The first-order chi connectivity index (χ1) is 13.5. The normalized spacial score (nSPS) is 14.3. The van der Waals surface area contributed by atoms with Crippen LogP contribution in [0.1, 0.15) is 62.5 Å². The van der Waals surface area contributed by atoms with Gasteiger partial charge in [0.1, 0.15) is 5.82 Å². The number of hydrogen-bond acceptors (Lipinski definition) is 5. The fourth-order valence-electron chi connectivity index (χ4n) is 2.44. The van der Waals surface area contributed by atoms with Crippen LogP contribution >= 0.6 is 0 Å². The van der Waals surface area contributed by atoms with Gasteiger partial charge < -0.3 is 25.8 Å². The molecule has 1 aromatic heterocycles. The minimum atomic E-state index is -0.448. The highest BCUT2D eigenvalue weighted by molar-refractivity contribution is 5.92. The number of imidazole rings is 1. The number of fused-ring (bicyclic) bond motifs is 1. The van der Waals surface area contributed by atoms with E-state index < -0.39 is 5.91 Å². The highest BCUT2D eigenvalue weighted by atomic mass is 16.1. The fraction of sp³-hybridized carbons (Fsp3) is 0.667. The third kappa shape index (κ3) is 10.8. The molecule has 2 rings (SSSR count). The number of primary amides is 2. The fourth-order valence-corrected chi connectivity index (χ4v) is 2.44. The van der Waals surface area contributed by atoms with Gasteiger partial charge in [-0.2, -0.15) is 0 Å². The second-order valence-electron chi connectivity index (χ2n) is 8.59. The number of amides is 2. The van der Waals surface area contributed by atoms with E-state index in [0.29, 0.717) is 17.7 Å². The highest BCUT2D eigenvalue weighted by Gasteiger charge is 2.22. The molecule has 166 valence electrons. The van der Waals surface area contributed by atoms with E-state index in [1.165, 1.54) is 6.42 Å². The van der Waals surface area contributed by atoms with Crippen LogP contribution in [0, 0.1) is 5.41 Å². The molecular formula is C21H40N6O2. The van der Waals surface area contributed by atoms with Gasteiger partial charge in [-0.25, -0.2) is 4.98 Å². The summed E-state index contributed by atoms with van der Waals surface area (Å²) < 4.78 is 2.12. The van der Waals surface area contributed by atoms with E-state index in [0.717, 1.165) is 37.6 Å². The smallest absolute Gasteiger partial charge is 0.269 e. The molecule has 0 aliphatic carbocycles. The SMILES string of the molecule is CCC(C)(C)C.CN(C)C/C=C/c1nc(C(N)=O)c2n1CCCN(C)C2.NC=O. The maximum absolute atomic E-state index is 11.6. The maximum atomic E-state index is 11.6. The number of carbonyl (C=O) groups is 2. The number of aromatic nitrogens is 2. The standard InChI is InChI=1S/C14H23N5O.C6H14.CH3NO/c1-17(2)7-4-6-12-16-13(14(15)20)11-10-18(3)8-5-9-19(11)12;1-5-6(2,3)4;2-1-3/h4,6H,5,7-10H2,1-3H3,(H2,15,20);5H2,1-4H3;1H,(H2,2,3)/b6-4+;;. The van der Waals surface area contributed by atoms with Crippen LogP contribution in [0.25, 0.3) is 6.08 Å². The van der Waals surface area contributed by atoms with Crippen LogP contribution in [-0.4, -0.2) is 65.9 Å². The Morgan fingerprint density at radius 1 is 1.28 bits per heavy atom. The van der Waals surface area contributed by atoms with Gasteiger partial charge in [-0.3, -0.25) is 9.59 Å². The number of carbonyl (C=O) groups excluding carboxylic acids is 2. The molecule has 4 N–H and O–H groups in total. The lowest BCUT2D eigenvalue weighted by Crippen LogP contribution is -2.21. The van der Waals surface area contributed by atoms with Crippen LogP contribution in [0.3, 0.4) is 0 Å². The molecule has 0 radical (unpaired) electrons. The van der Waals surface area contributed by atoms with E-state index in [4.69, 9.17) is 10.5 Å². The van der Waals surface area contributed by atoms with E-state index in [2.05, 4.69) is 65.9 Å². The van der Waals surface area contributed by atoms with E-state index in [1.807, 2.05) is 20.2 Å². The van der Waals surface area contributed by atoms with Gasteiger partial charge in [0.05, 0.1) is 5.69 Å². The van der Waals surface area contributed by atoms with Crippen molar-refractivity contribution < 1.29 is 9.59 Å². The Labute approximate surface area is 175 Å². The van der Waals surface area contributed by atoms with Crippen molar-refractivity contribution >= 4 is 18.4 Å². The second-order valence-corrected chi connectivity index (χ2v) is 8.59. The van der Waals surface area contributed by atoms with Gasteiger partial charge in [-0.15, -0.1) is 0 Å². The molecule has 0 bridgehead atoms. The van der Waals surface area contributed by atoms with Crippen molar-refractivity contribution in [3.05, 3.63) is 23.3 Å². The van der Waals surface area contributed by atoms with Crippen LogP contribution in [0.15, 0.2) is 6.08 Å². The summed E-state index contributed by atoms with van der Waals surface area (Å²) in [6.07, 6.45) is 6.59. The van der Waals surface area contributed by atoms with E-state index in [-0.39, 0.29) is 6.41 Å². The molecule has 0 saturated heterocycles. The minimum Gasteiger partial charge on any atom is -0.372 e. The van der Waals surface area contributed by atoms with Crippen molar-refractivity contribution in [3.63, 3.8) is 0 Å². The number of nitrogens with two attached hydrogens (primary N) is 2. The van der Waals surface area contributed by atoms with Gasteiger partial charge in [0.25, 0.3) is 5.91 Å². The Kier molecular flexibility index (Phi) is 12.1. The predicted octanol–water partition coefficient (Wildman–Crippen LogP) is 1.94. The van der Waals surface area contributed by atoms with Crippen molar-refractivity contribution in [2.24, 2.45) is 16.9 Å². The van der Waals surface area contributed by atoms with Crippen molar-refractivity contribution in [1.29, 1.82) is 0 Å². The summed E-state index contributed by atoms with van der Waals surface area (Å²) in [5.41, 5.74) is 11.5. The van der Waals surface area contributed by atoms with E-state index >= 15 is 0 Å². The molecule has 1 aliphatic heterocycles. The molecule has 0 fully saturated rings. The topological polar surface area (TPSA) is 110 Å². The van der Waals surface area contributed by atoms with Crippen LogP contribution in [0.5, 0.6) is 0 Å². The lowest BCUT2D eigenvalue weighted by atomic mass is 9.94. The number of rotatable bonds is 4. The average Bonchev–Trinajstić information content (AvgIpc) is 2.81. The van der Waals surface area contributed by atoms with Crippen LogP contribution in [0.4, 0.5) is 0 Å². The van der Waals surface area contributed by atoms with E-state index in [1.54, 1.807) is 0 Å². The summed E-state index contributed by atoms with van der Waals surface area (Å²) in [7, 11) is 6.08. The van der Waals surface area contributed by atoms with Crippen molar-refractivity contribution in [1.82, 2.24) is 19.4 Å². The zero-order valence-corrected chi connectivity index (χ0v) is 19.2. The maximum Gasteiger partial charge on any atom is 0.269 e. The monoisotopic (exact) mass is 408 g/mol. The summed E-state index contributed by atoms with van der Waals surface area (Å²) in [6.45, 7) is 12.4. The average molecular weight is 409 g/mol. The number of likely N-dealkylation sites (N-methyl/N-ethyl adjacent to an activating group) is 1. The number of hydrogen-bond donors (Lipinski definition) is 2. The summed E-state index contributed by atoms with van der Waals surface area (Å²) >= 11 is 0. The molecule has 2 heterocycles. The van der Waals surface area contributed by atoms with Gasteiger partial charge in [0.2, 0.25) is 6.41 Å². The molecule has 0 saturated carbocycles. The molecule has 1 aliphatic rings. The third-order valence-electron chi connectivity index (χ3n) is 4.47. The Morgan fingerprint density at radius 3 is 2.28 bits per heavy atom. The van der Waals surface area contributed by atoms with E-state index in [9.17, 15) is 4.79 Å². The highest BCUT2D eigenvalue weighted by Crippen LogP contribution is 2.19. The van der Waals surface area contributed by atoms with Crippen LogP contribution in [0.2, 0.25) is 0 Å². The third-order valence-corrected chi connectivity index (χ3v) is 4.47. The van der Waals surface area contributed by atoms with Gasteiger partial charge >= 0.3 is 0 Å². The Balaban J connectivity index is 0.000000736. The summed E-state index contributed by atoms with van der Waals surface area (Å²) in [5, 5.41) is 0. The minimum absolute atomic E-state index is 0.250. The van der Waals surface area contributed by atoms with Crippen molar-refractivity contribution in [2.75, 3.05) is 34.2 Å². The van der Waals surface area contributed by atoms with Crippen LogP contribution < -0.4 is 11.5 Å². The molecule has 1 aromatic rings. The largest absolute Gasteiger partial charge is 0.372 e. The van der Waals surface area contributed by atoms with Gasteiger partial charge in [-0.1, -0.05) is 40.2 Å². The first-order valence-electron chi connectivity index (χ1n) is 10.0. The lowest BCUT2D eigenvalue weighted by Gasteiger charge is -2.12. The zero-order valence-electron chi connectivity index (χ0n) is 19.2. The summed E-state index contributed by atoms with van der Waals surface area (Å²) in [6, 6.07) is 0. The second kappa shape index (κ2) is 13.1. The molecule has 0 aromatic carbocycles. The molecular weight excluding hydrogens is 368 g/mol. The Bertz CT molecular complexity index is 659. The first kappa shape index (κ1) is 26.8. The summed E-state index contributed by atoms with van der Waals surface area (Å²) in [5.74, 6) is 0.377. The van der Waals surface area contributed by atoms with Crippen LogP contribution in [-0.2, 0) is 17.9 Å². The van der Waals surface area contributed by atoms with Gasteiger partial charge in [0.15, 0.2) is 5.69 Å². The Morgan fingerprint density at radius 2 is 1.83 bits per heavy atom. The van der Waals surface area contributed by atoms with Crippen molar-refractivity contribution in [2.45, 2.75) is 53.6 Å². The predicted molar refractivity (Wildman–Crippen MR) is 119 cm³/mol. The first-order valence-corrected chi connectivity index (χ1v) is 10.0. The van der Waals surface area contributed by atoms with Gasteiger partial charge in [0, 0.05) is 19.6 Å². The molecule has 0 unspecified atom stereocenters. The summed E-state index contributed by atoms with van der Waals surface area (Å²) in [4.78, 5) is 28.9. The Hall–Kier alpha value is -2.19. The molecule has 29 heavy (non-hydrogen) atoms. The molecule has 8 heteroatoms. The zero-order chi connectivity index (χ0) is 22.6.